The number of hydrogen-bond donors (Lipinski definition) is 2. The molecule has 0 radical (unpaired) electrons. The van der Waals surface area contributed by atoms with Crippen LogP contribution in [0.5, 0.6) is 0 Å². The third-order valence-corrected chi connectivity index (χ3v) is 3.88. The molecule has 0 bridgehead atoms. The van der Waals surface area contributed by atoms with E-state index >= 15 is 0 Å². The van der Waals surface area contributed by atoms with E-state index in [2.05, 4.69) is 0 Å². The van der Waals surface area contributed by atoms with Crippen LogP contribution >= 0.6 is 11.8 Å². The summed E-state index contributed by atoms with van der Waals surface area (Å²) in [5.74, 6) is 1.22. The second kappa shape index (κ2) is 5.03. The van der Waals surface area contributed by atoms with Crippen molar-refractivity contribution in [1.29, 1.82) is 0 Å². The Kier molecular flexibility index (Phi) is 4.26. The molecule has 0 aromatic carbocycles. The van der Waals surface area contributed by atoms with Crippen LogP contribution in [0.4, 0.5) is 0 Å². The summed E-state index contributed by atoms with van der Waals surface area (Å²) in [5.41, 5.74) is -0.669. The predicted molar refractivity (Wildman–Crippen MR) is 57.5 cm³/mol. The zero-order valence-electron chi connectivity index (χ0n) is 8.53. The summed E-state index contributed by atoms with van der Waals surface area (Å²) >= 11 is 1.82. The van der Waals surface area contributed by atoms with Gasteiger partial charge in [-0.15, -0.1) is 0 Å². The van der Waals surface area contributed by atoms with Crippen LogP contribution < -0.4 is 0 Å². The van der Waals surface area contributed by atoms with Crippen LogP contribution in [0, 0.1) is 5.41 Å². The van der Waals surface area contributed by atoms with Gasteiger partial charge in [-0.25, -0.2) is 0 Å². The Morgan fingerprint density at radius 1 is 1.50 bits per heavy atom. The largest absolute Gasteiger partial charge is 0.481 e. The van der Waals surface area contributed by atoms with Gasteiger partial charge in [-0.3, -0.25) is 4.79 Å². The van der Waals surface area contributed by atoms with Gasteiger partial charge in [-0.1, -0.05) is 0 Å². The number of aliphatic hydroxyl groups excluding tert-OH is 1. The van der Waals surface area contributed by atoms with Crippen molar-refractivity contribution in [2.24, 2.45) is 5.41 Å². The van der Waals surface area contributed by atoms with Crippen LogP contribution in [0.15, 0.2) is 0 Å². The minimum Gasteiger partial charge on any atom is -0.481 e. The van der Waals surface area contributed by atoms with Gasteiger partial charge in [-0.05, 0) is 44.1 Å². The molecule has 4 heteroatoms. The molecule has 0 aromatic heterocycles. The van der Waals surface area contributed by atoms with Gasteiger partial charge in [0.15, 0.2) is 0 Å². The van der Waals surface area contributed by atoms with Crippen LogP contribution in [-0.2, 0) is 4.79 Å². The second-order valence-electron chi connectivity index (χ2n) is 4.10. The van der Waals surface area contributed by atoms with Gasteiger partial charge in [0.1, 0.15) is 0 Å². The highest BCUT2D eigenvalue weighted by molar-refractivity contribution is 7.99. The molecule has 0 saturated carbocycles. The Hall–Kier alpha value is -0.220. The number of carbonyl (C=O) groups is 1. The summed E-state index contributed by atoms with van der Waals surface area (Å²) < 4.78 is 0. The molecular weight excluding hydrogens is 200 g/mol. The van der Waals surface area contributed by atoms with Crippen LogP contribution in [0.2, 0.25) is 0 Å². The Morgan fingerprint density at radius 3 is 2.79 bits per heavy atom. The highest BCUT2D eigenvalue weighted by atomic mass is 32.2. The molecule has 0 aromatic rings. The maximum atomic E-state index is 11.2. The quantitative estimate of drug-likeness (QED) is 0.757. The van der Waals surface area contributed by atoms with Crippen molar-refractivity contribution < 1.29 is 15.0 Å². The molecular formula is C10H18O3S. The van der Waals surface area contributed by atoms with Crippen LogP contribution in [0.25, 0.3) is 0 Å². The molecule has 1 aliphatic rings. The zero-order valence-corrected chi connectivity index (χ0v) is 9.35. The van der Waals surface area contributed by atoms with E-state index in [-0.39, 0.29) is 0 Å². The van der Waals surface area contributed by atoms with Crippen molar-refractivity contribution >= 4 is 17.7 Å². The van der Waals surface area contributed by atoms with Gasteiger partial charge in [0.2, 0.25) is 0 Å². The molecule has 3 nitrogen and oxygen atoms in total. The summed E-state index contributed by atoms with van der Waals surface area (Å²) in [6.07, 6.45) is 2.22. The maximum absolute atomic E-state index is 11.2. The van der Waals surface area contributed by atoms with E-state index in [1.807, 2.05) is 11.8 Å². The van der Waals surface area contributed by atoms with E-state index < -0.39 is 17.5 Å². The smallest absolute Gasteiger partial charge is 0.309 e. The SMILES string of the molecule is CC(O)CC1(C(=O)O)CCCSCC1. The number of aliphatic carboxylic acids is 1. The number of aliphatic hydroxyl groups is 1. The Bertz CT molecular complexity index is 196. The molecule has 0 spiro atoms. The fraction of sp³-hybridized carbons (Fsp3) is 0.900. The van der Waals surface area contributed by atoms with E-state index in [1.54, 1.807) is 6.92 Å². The van der Waals surface area contributed by atoms with Gasteiger partial charge in [0, 0.05) is 0 Å². The number of carboxylic acid groups (broad SMARTS) is 1. The average molecular weight is 218 g/mol. The molecule has 14 heavy (non-hydrogen) atoms. The van der Waals surface area contributed by atoms with E-state index in [0.29, 0.717) is 19.3 Å². The molecule has 2 atom stereocenters. The van der Waals surface area contributed by atoms with Crippen molar-refractivity contribution in [1.82, 2.24) is 0 Å². The van der Waals surface area contributed by atoms with Gasteiger partial charge in [0.05, 0.1) is 11.5 Å². The summed E-state index contributed by atoms with van der Waals surface area (Å²) in [4.78, 5) is 11.2. The predicted octanol–water partition coefficient (Wildman–Crippen LogP) is 1.75. The minimum atomic E-state index is -0.735. The first-order valence-corrected chi connectivity index (χ1v) is 6.21. The minimum absolute atomic E-state index is 0.392. The molecule has 2 unspecified atom stereocenters. The van der Waals surface area contributed by atoms with E-state index in [9.17, 15) is 15.0 Å². The van der Waals surface area contributed by atoms with Crippen LogP contribution in [0.3, 0.4) is 0 Å². The fourth-order valence-electron chi connectivity index (χ4n) is 2.08. The second-order valence-corrected chi connectivity index (χ2v) is 5.33. The molecule has 0 amide bonds. The maximum Gasteiger partial charge on any atom is 0.309 e. The first-order chi connectivity index (χ1) is 6.57. The highest BCUT2D eigenvalue weighted by Gasteiger charge is 2.39. The monoisotopic (exact) mass is 218 g/mol. The number of carboxylic acids is 1. The molecule has 1 fully saturated rings. The Balaban J connectivity index is 2.72. The number of hydrogen-bond acceptors (Lipinski definition) is 3. The number of rotatable bonds is 3. The molecule has 0 aliphatic carbocycles. The Labute approximate surface area is 88.9 Å². The third-order valence-electron chi connectivity index (χ3n) is 2.81. The van der Waals surface area contributed by atoms with Gasteiger partial charge >= 0.3 is 5.97 Å². The van der Waals surface area contributed by atoms with Crippen molar-refractivity contribution in [3.8, 4) is 0 Å². The van der Waals surface area contributed by atoms with Crippen molar-refractivity contribution in [3.05, 3.63) is 0 Å². The molecule has 82 valence electrons. The lowest BCUT2D eigenvalue weighted by molar-refractivity contribution is -0.151. The highest BCUT2D eigenvalue weighted by Crippen LogP contribution is 2.38. The average Bonchev–Trinajstić information content (AvgIpc) is 2.29. The standard InChI is InChI=1S/C10H18O3S/c1-8(11)7-10(9(12)13)3-2-5-14-6-4-10/h8,11H,2-7H2,1H3,(H,12,13). The summed E-state index contributed by atoms with van der Waals surface area (Å²) in [5, 5.41) is 18.6. The molecule has 1 heterocycles. The molecule has 1 saturated heterocycles. The summed E-state index contributed by atoms with van der Waals surface area (Å²) in [6.45, 7) is 1.67. The number of thioether (sulfide) groups is 1. The van der Waals surface area contributed by atoms with Crippen LogP contribution in [0.1, 0.15) is 32.6 Å². The first kappa shape index (κ1) is 11.9. The lowest BCUT2D eigenvalue weighted by Crippen LogP contribution is -2.34. The van der Waals surface area contributed by atoms with Crippen LogP contribution in [-0.4, -0.2) is 33.8 Å². The first-order valence-electron chi connectivity index (χ1n) is 5.06. The summed E-state index contributed by atoms with van der Waals surface area (Å²) in [7, 11) is 0. The molecule has 1 rings (SSSR count). The fourth-order valence-corrected chi connectivity index (χ4v) is 3.17. The van der Waals surface area contributed by atoms with E-state index in [0.717, 1.165) is 17.9 Å². The molecule has 1 aliphatic heterocycles. The summed E-state index contributed by atoms with van der Waals surface area (Å²) in [6, 6.07) is 0. The lowest BCUT2D eigenvalue weighted by Gasteiger charge is -2.28. The van der Waals surface area contributed by atoms with Crippen molar-refractivity contribution in [3.63, 3.8) is 0 Å². The van der Waals surface area contributed by atoms with E-state index in [1.165, 1.54) is 0 Å². The third kappa shape index (κ3) is 2.89. The zero-order chi connectivity index (χ0) is 10.6. The van der Waals surface area contributed by atoms with Crippen molar-refractivity contribution in [2.75, 3.05) is 11.5 Å². The Morgan fingerprint density at radius 2 is 2.21 bits per heavy atom. The van der Waals surface area contributed by atoms with Gasteiger partial charge in [0.25, 0.3) is 0 Å². The van der Waals surface area contributed by atoms with Crippen molar-refractivity contribution in [2.45, 2.75) is 38.7 Å². The van der Waals surface area contributed by atoms with Gasteiger partial charge < -0.3 is 10.2 Å². The van der Waals surface area contributed by atoms with E-state index in [4.69, 9.17) is 0 Å². The normalized spacial score (nSPS) is 30.7. The lowest BCUT2D eigenvalue weighted by atomic mass is 9.76. The van der Waals surface area contributed by atoms with Gasteiger partial charge in [-0.2, -0.15) is 11.8 Å². The topological polar surface area (TPSA) is 57.5 Å². The molecule has 2 N–H and O–H groups in total.